The van der Waals surface area contributed by atoms with Crippen LogP contribution in [0.15, 0.2) is 18.2 Å². The van der Waals surface area contributed by atoms with Gasteiger partial charge in [-0.25, -0.2) is 0 Å². The lowest BCUT2D eigenvalue weighted by molar-refractivity contribution is -0.120. The first-order chi connectivity index (χ1) is 10.3. The van der Waals surface area contributed by atoms with E-state index < -0.39 is 0 Å². The summed E-state index contributed by atoms with van der Waals surface area (Å²) in [6.07, 6.45) is 12.3. The van der Waals surface area contributed by atoms with Crippen LogP contribution >= 0.6 is 0 Å². The van der Waals surface area contributed by atoms with E-state index in [0.29, 0.717) is 6.42 Å². The fourth-order valence-electron chi connectivity index (χ4n) is 3.90. The van der Waals surface area contributed by atoms with Gasteiger partial charge in [0.15, 0.2) is 0 Å². The van der Waals surface area contributed by atoms with Crippen LogP contribution in [0.2, 0.25) is 0 Å². The zero-order chi connectivity index (χ0) is 14.5. The van der Waals surface area contributed by atoms with E-state index in [1.807, 2.05) is 0 Å². The second kappa shape index (κ2) is 7.11. The van der Waals surface area contributed by atoms with Gasteiger partial charge < -0.3 is 5.32 Å². The number of hydrogen-bond acceptors (Lipinski definition) is 1. The zero-order valence-corrected chi connectivity index (χ0v) is 13.0. The Morgan fingerprint density at radius 1 is 1.10 bits per heavy atom. The third kappa shape index (κ3) is 4.09. The quantitative estimate of drug-likeness (QED) is 0.791. The molecule has 2 nitrogen and oxygen atoms in total. The van der Waals surface area contributed by atoms with Crippen LogP contribution in [0.4, 0.5) is 0 Å². The Kier molecular flexibility index (Phi) is 4.95. The monoisotopic (exact) mass is 285 g/mol. The minimum Gasteiger partial charge on any atom is -0.356 e. The smallest absolute Gasteiger partial charge is 0.224 e. The van der Waals surface area contributed by atoms with Crippen LogP contribution in [0.3, 0.4) is 0 Å². The van der Waals surface area contributed by atoms with Crippen molar-refractivity contribution >= 4 is 5.91 Å². The first-order valence-electron chi connectivity index (χ1n) is 8.68. The summed E-state index contributed by atoms with van der Waals surface area (Å²) in [7, 11) is 0. The van der Waals surface area contributed by atoms with Crippen molar-refractivity contribution in [1.82, 2.24) is 5.32 Å². The minimum absolute atomic E-state index is 0.180. The molecule has 21 heavy (non-hydrogen) atoms. The SMILES string of the molecule is O=C(Cc1ccc2c(c1)CCC2)NCCCC1CCCC1. The zero-order valence-electron chi connectivity index (χ0n) is 13.0. The van der Waals surface area contributed by atoms with E-state index in [2.05, 4.69) is 23.5 Å². The van der Waals surface area contributed by atoms with E-state index in [0.717, 1.165) is 18.9 Å². The van der Waals surface area contributed by atoms with Crippen LogP contribution in [0.1, 0.15) is 61.6 Å². The first-order valence-corrected chi connectivity index (χ1v) is 8.68. The summed E-state index contributed by atoms with van der Waals surface area (Å²) in [6.45, 7) is 0.847. The Hall–Kier alpha value is -1.31. The lowest BCUT2D eigenvalue weighted by Crippen LogP contribution is -2.26. The van der Waals surface area contributed by atoms with Crippen molar-refractivity contribution in [3.8, 4) is 0 Å². The molecular weight excluding hydrogens is 258 g/mol. The number of fused-ring (bicyclic) bond motifs is 1. The van der Waals surface area contributed by atoms with E-state index in [1.54, 1.807) is 0 Å². The Balaban J connectivity index is 1.37. The van der Waals surface area contributed by atoms with E-state index in [1.165, 1.54) is 68.1 Å². The summed E-state index contributed by atoms with van der Waals surface area (Å²) >= 11 is 0. The molecule has 2 aliphatic carbocycles. The number of benzene rings is 1. The Morgan fingerprint density at radius 3 is 2.76 bits per heavy atom. The number of amides is 1. The normalized spacial score (nSPS) is 17.9. The molecule has 0 bridgehead atoms. The molecule has 0 saturated heterocycles. The summed E-state index contributed by atoms with van der Waals surface area (Å²) in [5, 5.41) is 3.08. The van der Waals surface area contributed by atoms with Gasteiger partial charge in [0.1, 0.15) is 0 Å². The van der Waals surface area contributed by atoms with E-state index in [9.17, 15) is 4.79 Å². The summed E-state index contributed by atoms with van der Waals surface area (Å²) in [5.41, 5.74) is 4.11. The summed E-state index contributed by atoms with van der Waals surface area (Å²) in [4.78, 5) is 12.0. The number of carbonyl (C=O) groups is 1. The van der Waals surface area contributed by atoms with Gasteiger partial charge in [-0.05, 0) is 54.7 Å². The fourth-order valence-corrected chi connectivity index (χ4v) is 3.90. The summed E-state index contributed by atoms with van der Waals surface area (Å²) in [6, 6.07) is 6.58. The van der Waals surface area contributed by atoms with E-state index >= 15 is 0 Å². The van der Waals surface area contributed by atoms with E-state index in [4.69, 9.17) is 0 Å². The Morgan fingerprint density at radius 2 is 1.90 bits per heavy atom. The number of hydrogen-bond donors (Lipinski definition) is 1. The van der Waals surface area contributed by atoms with E-state index in [-0.39, 0.29) is 5.91 Å². The molecule has 0 unspecified atom stereocenters. The molecule has 0 aliphatic heterocycles. The van der Waals surface area contributed by atoms with Crippen molar-refractivity contribution in [3.63, 3.8) is 0 Å². The number of nitrogens with one attached hydrogen (secondary N) is 1. The van der Waals surface area contributed by atoms with Gasteiger partial charge in [-0.3, -0.25) is 4.79 Å². The van der Waals surface area contributed by atoms with Crippen LogP contribution < -0.4 is 5.32 Å². The second-order valence-corrected chi connectivity index (χ2v) is 6.78. The maximum Gasteiger partial charge on any atom is 0.224 e. The van der Waals surface area contributed by atoms with Gasteiger partial charge in [0.2, 0.25) is 5.91 Å². The maximum atomic E-state index is 12.0. The Labute approximate surface area is 128 Å². The van der Waals surface area contributed by atoms with Crippen LogP contribution in [0.5, 0.6) is 0 Å². The standard InChI is InChI=1S/C19H27NO/c21-19(20-12-4-7-15-5-1-2-6-15)14-16-10-11-17-8-3-9-18(17)13-16/h10-11,13,15H,1-9,12,14H2,(H,20,21). The Bertz CT molecular complexity index is 488. The molecule has 1 aromatic carbocycles. The van der Waals surface area contributed by atoms with Crippen molar-refractivity contribution in [1.29, 1.82) is 0 Å². The predicted octanol–water partition coefficient (Wildman–Crippen LogP) is 3.80. The predicted molar refractivity (Wildman–Crippen MR) is 86.4 cm³/mol. The highest BCUT2D eigenvalue weighted by Crippen LogP contribution is 2.28. The molecule has 3 rings (SSSR count). The number of rotatable bonds is 6. The number of aryl methyl sites for hydroxylation is 2. The lowest BCUT2D eigenvalue weighted by atomic mass is 10.0. The van der Waals surface area contributed by atoms with Gasteiger partial charge in [-0.2, -0.15) is 0 Å². The maximum absolute atomic E-state index is 12.0. The van der Waals surface area contributed by atoms with Gasteiger partial charge >= 0.3 is 0 Å². The molecule has 1 aromatic rings. The van der Waals surface area contributed by atoms with Crippen molar-refractivity contribution < 1.29 is 4.79 Å². The van der Waals surface area contributed by atoms with Gasteiger partial charge in [0, 0.05) is 6.54 Å². The summed E-state index contributed by atoms with van der Waals surface area (Å²) in [5.74, 6) is 1.11. The second-order valence-electron chi connectivity index (χ2n) is 6.78. The minimum atomic E-state index is 0.180. The fraction of sp³-hybridized carbons (Fsp3) is 0.632. The van der Waals surface area contributed by atoms with Gasteiger partial charge in [0.25, 0.3) is 0 Å². The van der Waals surface area contributed by atoms with Crippen LogP contribution in [0, 0.1) is 5.92 Å². The van der Waals surface area contributed by atoms with Crippen molar-refractivity contribution in [2.45, 2.75) is 64.2 Å². The number of carbonyl (C=O) groups excluding carboxylic acids is 1. The molecule has 2 heteroatoms. The third-order valence-electron chi connectivity index (χ3n) is 5.11. The molecule has 2 aliphatic rings. The largest absolute Gasteiger partial charge is 0.356 e. The third-order valence-corrected chi connectivity index (χ3v) is 5.11. The highest BCUT2D eigenvalue weighted by atomic mass is 16.1. The molecule has 0 spiro atoms. The van der Waals surface area contributed by atoms with Crippen molar-refractivity contribution in [2.24, 2.45) is 5.92 Å². The van der Waals surface area contributed by atoms with Gasteiger partial charge in [-0.15, -0.1) is 0 Å². The lowest BCUT2D eigenvalue weighted by Gasteiger charge is -2.10. The van der Waals surface area contributed by atoms with Gasteiger partial charge in [-0.1, -0.05) is 43.9 Å². The average molecular weight is 285 g/mol. The van der Waals surface area contributed by atoms with Crippen molar-refractivity contribution in [3.05, 3.63) is 34.9 Å². The molecule has 114 valence electrons. The first kappa shape index (κ1) is 14.6. The molecule has 1 N–H and O–H groups in total. The highest BCUT2D eigenvalue weighted by molar-refractivity contribution is 5.78. The molecule has 1 saturated carbocycles. The van der Waals surface area contributed by atoms with Gasteiger partial charge in [0.05, 0.1) is 6.42 Å². The molecule has 1 fully saturated rings. The molecule has 1 amide bonds. The van der Waals surface area contributed by atoms with Crippen LogP contribution in [-0.2, 0) is 24.1 Å². The molecule has 0 aromatic heterocycles. The average Bonchev–Trinajstić information content (AvgIpc) is 3.14. The highest BCUT2D eigenvalue weighted by Gasteiger charge is 2.14. The molecular formula is C19H27NO. The topological polar surface area (TPSA) is 29.1 Å². The van der Waals surface area contributed by atoms with Crippen molar-refractivity contribution in [2.75, 3.05) is 6.54 Å². The molecule has 0 heterocycles. The molecule has 0 radical (unpaired) electrons. The molecule has 0 atom stereocenters. The van der Waals surface area contributed by atoms with Crippen LogP contribution in [0.25, 0.3) is 0 Å². The summed E-state index contributed by atoms with van der Waals surface area (Å²) < 4.78 is 0. The van der Waals surface area contributed by atoms with Crippen LogP contribution in [-0.4, -0.2) is 12.5 Å².